The van der Waals surface area contributed by atoms with E-state index in [9.17, 15) is 4.79 Å². The standard InChI is InChI=1S/C17H21N3O2S/c1-10(2)9-22-12-6-4-5-11(7-12)13-8-14(21)19-16-15(13)23-17(18-3)20-16/h4-7,10,13H,8-9H2,1-3H3,(H,18,20)(H,19,21)/t13-/m1/s1. The molecule has 3 rings (SSSR count). The van der Waals surface area contributed by atoms with E-state index < -0.39 is 0 Å². The van der Waals surface area contributed by atoms with Gasteiger partial charge in [-0.15, -0.1) is 0 Å². The van der Waals surface area contributed by atoms with Crippen LogP contribution in [-0.2, 0) is 4.79 Å². The second kappa shape index (κ2) is 6.58. The van der Waals surface area contributed by atoms with Crippen LogP contribution in [0.2, 0.25) is 0 Å². The monoisotopic (exact) mass is 331 g/mol. The number of hydrogen-bond donors (Lipinski definition) is 2. The maximum absolute atomic E-state index is 12.0. The first-order valence-corrected chi connectivity index (χ1v) is 8.59. The molecule has 1 aromatic heterocycles. The number of nitrogens with zero attached hydrogens (tertiary/aromatic N) is 1. The molecule has 1 aromatic carbocycles. The second-order valence-corrected chi connectivity index (χ2v) is 7.09. The molecule has 0 fully saturated rings. The molecule has 5 nitrogen and oxygen atoms in total. The number of amides is 1. The molecule has 0 unspecified atom stereocenters. The van der Waals surface area contributed by atoms with E-state index in [4.69, 9.17) is 4.74 Å². The van der Waals surface area contributed by atoms with Crippen LogP contribution in [0.25, 0.3) is 0 Å². The Bertz CT molecular complexity index is 712. The Morgan fingerprint density at radius 3 is 3.04 bits per heavy atom. The molecule has 0 radical (unpaired) electrons. The quantitative estimate of drug-likeness (QED) is 0.877. The van der Waals surface area contributed by atoms with Crippen molar-refractivity contribution in [2.75, 3.05) is 24.3 Å². The molecule has 2 aromatic rings. The van der Waals surface area contributed by atoms with E-state index in [1.165, 1.54) is 0 Å². The molecule has 0 spiro atoms. The van der Waals surface area contributed by atoms with Crippen LogP contribution in [0.3, 0.4) is 0 Å². The maximum atomic E-state index is 12.0. The fourth-order valence-electron chi connectivity index (χ4n) is 2.58. The maximum Gasteiger partial charge on any atom is 0.226 e. The summed E-state index contributed by atoms with van der Waals surface area (Å²) in [6.07, 6.45) is 0.436. The summed E-state index contributed by atoms with van der Waals surface area (Å²) in [4.78, 5) is 17.5. The summed E-state index contributed by atoms with van der Waals surface area (Å²) in [5.41, 5.74) is 1.09. The van der Waals surface area contributed by atoms with Gasteiger partial charge in [0.2, 0.25) is 5.91 Å². The van der Waals surface area contributed by atoms with Gasteiger partial charge in [-0.1, -0.05) is 37.3 Å². The molecule has 0 aliphatic carbocycles. The number of aromatic nitrogens is 1. The van der Waals surface area contributed by atoms with Gasteiger partial charge in [-0.05, 0) is 23.6 Å². The predicted octanol–water partition coefficient (Wildman–Crippen LogP) is 3.69. The normalized spacial score (nSPS) is 16.9. The summed E-state index contributed by atoms with van der Waals surface area (Å²) in [7, 11) is 1.83. The topological polar surface area (TPSA) is 63.3 Å². The Kier molecular flexibility index (Phi) is 4.52. The SMILES string of the molecule is CNc1nc2c(s1)[C@@H](c1cccc(OCC(C)C)c1)CC(=O)N2. The predicted molar refractivity (Wildman–Crippen MR) is 93.5 cm³/mol. The smallest absolute Gasteiger partial charge is 0.226 e. The summed E-state index contributed by atoms with van der Waals surface area (Å²) in [5, 5.41) is 6.72. The van der Waals surface area contributed by atoms with Crippen LogP contribution in [-0.4, -0.2) is 24.5 Å². The van der Waals surface area contributed by atoms with Gasteiger partial charge in [-0.2, -0.15) is 0 Å². The molecule has 1 aliphatic heterocycles. The molecule has 1 aliphatic rings. The Labute approximate surface area is 140 Å². The summed E-state index contributed by atoms with van der Waals surface area (Å²) < 4.78 is 5.81. The van der Waals surface area contributed by atoms with Crippen molar-refractivity contribution in [1.82, 2.24) is 4.98 Å². The van der Waals surface area contributed by atoms with Crippen LogP contribution >= 0.6 is 11.3 Å². The third kappa shape index (κ3) is 3.47. The molecular formula is C17H21N3O2S. The van der Waals surface area contributed by atoms with Crippen LogP contribution in [0.4, 0.5) is 10.9 Å². The van der Waals surface area contributed by atoms with Gasteiger partial charge >= 0.3 is 0 Å². The van der Waals surface area contributed by atoms with Gasteiger partial charge in [0.15, 0.2) is 5.13 Å². The fourth-order valence-corrected chi connectivity index (χ4v) is 3.58. The Hall–Kier alpha value is -2.08. The highest BCUT2D eigenvalue weighted by Crippen LogP contribution is 2.42. The van der Waals surface area contributed by atoms with Crippen molar-refractivity contribution < 1.29 is 9.53 Å². The van der Waals surface area contributed by atoms with Crippen molar-refractivity contribution in [3.05, 3.63) is 34.7 Å². The minimum absolute atomic E-state index is 0.00366. The van der Waals surface area contributed by atoms with Crippen molar-refractivity contribution in [2.24, 2.45) is 5.92 Å². The number of nitrogens with one attached hydrogen (secondary N) is 2. The number of carbonyl (C=O) groups excluding carboxylic acids is 1. The van der Waals surface area contributed by atoms with Crippen LogP contribution < -0.4 is 15.4 Å². The molecule has 1 amide bonds. The minimum Gasteiger partial charge on any atom is -0.493 e. The first-order valence-electron chi connectivity index (χ1n) is 7.78. The van der Waals surface area contributed by atoms with Gasteiger partial charge in [0.1, 0.15) is 11.6 Å². The van der Waals surface area contributed by atoms with Gasteiger partial charge in [0.05, 0.1) is 11.5 Å². The van der Waals surface area contributed by atoms with E-state index in [0.717, 1.165) is 21.3 Å². The van der Waals surface area contributed by atoms with Gasteiger partial charge < -0.3 is 15.4 Å². The highest BCUT2D eigenvalue weighted by Gasteiger charge is 2.30. The van der Waals surface area contributed by atoms with Crippen molar-refractivity contribution >= 4 is 28.2 Å². The Morgan fingerprint density at radius 1 is 1.48 bits per heavy atom. The van der Waals surface area contributed by atoms with Crippen molar-refractivity contribution in [2.45, 2.75) is 26.2 Å². The zero-order valence-electron chi connectivity index (χ0n) is 13.6. The molecule has 122 valence electrons. The molecule has 2 N–H and O–H groups in total. The lowest BCUT2D eigenvalue weighted by atomic mass is 9.91. The van der Waals surface area contributed by atoms with Gasteiger partial charge in [-0.3, -0.25) is 4.79 Å². The lowest BCUT2D eigenvalue weighted by molar-refractivity contribution is -0.116. The number of ether oxygens (including phenoxy) is 1. The van der Waals surface area contributed by atoms with Crippen LogP contribution in [0.5, 0.6) is 5.75 Å². The molecule has 0 saturated heterocycles. The first kappa shape index (κ1) is 15.8. The molecular weight excluding hydrogens is 310 g/mol. The van der Waals surface area contributed by atoms with Gasteiger partial charge in [0.25, 0.3) is 0 Å². The number of thiazole rings is 1. The van der Waals surface area contributed by atoms with Crippen molar-refractivity contribution in [1.29, 1.82) is 0 Å². The van der Waals surface area contributed by atoms with E-state index in [1.54, 1.807) is 11.3 Å². The van der Waals surface area contributed by atoms with Crippen LogP contribution in [0.1, 0.15) is 36.6 Å². The number of fused-ring (bicyclic) bond motifs is 1. The fraction of sp³-hybridized carbons (Fsp3) is 0.412. The zero-order chi connectivity index (χ0) is 16.4. The van der Waals surface area contributed by atoms with E-state index >= 15 is 0 Å². The average Bonchev–Trinajstić information content (AvgIpc) is 2.95. The number of carbonyl (C=O) groups is 1. The third-order valence-electron chi connectivity index (χ3n) is 3.67. The number of benzene rings is 1. The lowest BCUT2D eigenvalue weighted by Gasteiger charge is -2.22. The van der Waals surface area contributed by atoms with Gasteiger partial charge in [0, 0.05) is 19.4 Å². The summed E-state index contributed by atoms with van der Waals surface area (Å²) in [6.45, 7) is 4.93. The molecule has 23 heavy (non-hydrogen) atoms. The molecule has 2 heterocycles. The van der Waals surface area contributed by atoms with Gasteiger partial charge in [-0.25, -0.2) is 4.98 Å². The highest BCUT2D eigenvalue weighted by molar-refractivity contribution is 7.16. The molecule has 1 atom stereocenters. The minimum atomic E-state index is 0.00366. The third-order valence-corrected chi connectivity index (χ3v) is 4.86. The highest BCUT2D eigenvalue weighted by atomic mass is 32.1. The molecule has 6 heteroatoms. The van der Waals surface area contributed by atoms with E-state index in [1.807, 2.05) is 31.3 Å². The van der Waals surface area contributed by atoms with E-state index in [0.29, 0.717) is 24.8 Å². The van der Waals surface area contributed by atoms with Crippen LogP contribution in [0, 0.1) is 5.92 Å². The van der Waals surface area contributed by atoms with E-state index in [-0.39, 0.29) is 11.8 Å². The number of hydrogen-bond acceptors (Lipinski definition) is 5. The first-order chi connectivity index (χ1) is 11.1. The second-order valence-electron chi connectivity index (χ2n) is 6.06. The Morgan fingerprint density at radius 2 is 2.30 bits per heavy atom. The summed E-state index contributed by atoms with van der Waals surface area (Å²) >= 11 is 1.59. The van der Waals surface area contributed by atoms with Crippen molar-refractivity contribution in [3.8, 4) is 5.75 Å². The summed E-state index contributed by atoms with van der Waals surface area (Å²) in [5.74, 6) is 2.03. The molecule has 0 bridgehead atoms. The van der Waals surface area contributed by atoms with Crippen LogP contribution in [0.15, 0.2) is 24.3 Å². The number of rotatable bonds is 5. The largest absolute Gasteiger partial charge is 0.493 e. The lowest BCUT2D eigenvalue weighted by Crippen LogP contribution is -2.22. The molecule has 0 saturated carbocycles. The average molecular weight is 331 g/mol. The van der Waals surface area contributed by atoms with Crippen molar-refractivity contribution in [3.63, 3.8) is 0 Å². The van der Waals surface area contributed by atoms with E-state index in [2.05, 4.69) is 29.5 Å². The Balaban J connectivity index is 1.91. The summed E-state index contributed by atoms with van der Waals surface area (Å²) in [6, 6.07) is 8.03. The zero-order valence-corrected chi connectivity index (χ0v) is 14.4. The number of anilines is 2.